The van der Waals surface area contributed by atoms with Crippen molar-refractivity contribution >= 4 is 11.7 Å². The van der Waals surface area contributed by atoms with Crippen molar-refractivity contribution in [1.82, 2.24) is 4.90 Å². The molecule has 33 heavy (non-hydrogen) atoms. The lowest BCUT2D eigenvalue weighted by atomic mass is 9.92. The maximum Gasteiger partial charge on any atom is 0.325 e. The number of aliphatic hydroxyl groups excluding tert-OH is 1. The second-order valence-corrected chi connectivity index (χ2v) is 8.53. The van der Waals surface area contributed by atoms with Crippen LogP contribution in [0.3, 0.4) is 0 Å². The Morgan fingerprint density at radius 3 is 2.30 bits per heavy atom. The van der Waals surface area contributed by atoms with Gasteiger partial charge in [-0.1, -0.05) is 48.9 Å². The Labute approximate surface area is 193 Å². The predicted octanol–water partition coefficient (Wildman–Crippen LogP) is 5.42. The lowest BCUT2D eigenvalue weighted by Crippen LogP contribution is -2.31. The molecule has 1 aliphatic rings. The highest BCUT2D eigenvalue weighted by atomic mass is 19.1. The van der Waals surface area contributed by atoms with Crippen molar-refractivity contribution in [2.75, 3.05) is 11.9 Å². The van der Waals surface area contributed by atoms with Gasteiger partial charge in [-0.3, -0.25) is 4.90 Å². The van der Waals surface area contributed by atoms with Crippen LogP contribution in [-0.4, -0.2) is 34.2 Å². The number of phenolic OH excluding ortho intramolecular Hbond substituents is 1. The fraction of sp³-hybridized carbons (Fsp3) is 0.296. The zero-order chi connectivity index (χ0) is 23.4. The molecule has 0 spiro atoms. The summed E-state index contributed by atoms with van der Waals surface area (Å²) in [7, 11) is 1.81. The molecule has 1 saturated heterocycles. The van der Waals surface area contributed by atoms with Gasteiger partial charge in [0, 0.05) is 18.3 Å². The van der Waals surface area contributed by atoms with Crippen LogP contribution in [0.1, 0.15) is 42.0 Å². The standard InChI is InChI=1S/C27H29FN2O3/c1-29-24(10-6-5-7-19-11-14-21(28)15-12-19)26(23-16-13-20(18-31)17-25(23)32)30(27(29)33)22-8-3-2-4-9-22/h2-4,8-9,11-17,24,26,31-32H,5-7,10,18H2,1H3/t24-,26-/m1/s1. The fourth-order valence-electron chi connectivity index (χ4n) is 4.64. The summed E-state index contributed by atoms with van der Waals surface area (Å²) >= 11 is 0. The first kappa shape index (κ1) is 22.8. The molecule has 0 unspecified atom stereocenters. The van der Waals surface area contributed by atoms with Crippen LogP contribution in [0.4, 0.5) is 14.9 Å². The number of halogens is 1. The molecule has 0 aromatic heterocycles. The SMILES string of the molecule is CN1C(=O)N(c2ccccc2)[C@H](c2ccc(CO)cc2O)[C@H]1CCCCc1ccc(F)cc1. The molecule has 2 atom stereocenters. The Bertz CT molecular complexity index is 1090. The van der Waals surface area contributed by atoms with E-state index in [1.165, 1.54) is 12.1 Å². The zero-order valence-electron chi connectivity index (χ0n) is 18.7. The second-order valence-electron chi connectivity index (χ2n) is 8.53. The van der Waals surface area contributed by atoms with Gasteiger partial charge in [-0.25, -0.2) is 9.18 Å². The largest absolute Gasteiger partial charge is 0.508 e. The number of aromatic hydroxyl groups is 1. The summed E-state index contributed by atoms with van der Waals surface area (Å²) in [5.74, 6) is -0.160. The molecule has 6 heteroatoms. The molecule has 4 rings (SSSR count). The smallest absolute Gasteiger partial charge is 0.325 e. The van der Waals surface area contributed by atoms with E-state index in [1.54, 1.807) is 40.1 Å². The lowest BCUT2D eigenvalue weighted by Gasteiger charge is -2.28. The van der Waals surface area contributed by atoms with E-state index in [0.29, 0.717) is 11.1 Å². The third-order valence-corrected chi connectivity index (χ3v) is 6.41. The molecule has 0 bridgehead atoms. The number of benzene rings is 3. The van der Waals surface area contributed by atoms with Gasteiger partial charge in [0.25, 0.3) is 0 Å². The first-order valence-corrected chi connectivity index (χ1v) is 11.3. The minimum absolute atomic E-state index is 0.0758. The first-order chi connectivity index (χ1) is 16.0. The van der Waals surface area contributed by atoms with E-state index < -0.39 is 0 Å². The normalized spacial score (nSPS) is 18.2. The van der Waals surface area contributed by atoms with Gasteiger partial charge in [-0.05, 0) is 60.7 Å². The third kappa shape index (κ3) is 4.86. The Kier molecular flexibility index (Phi) is 6.94. The first-order valence-electron chi connectivity index (χ1n) is 11.3. The van der Waals surface area contributed by atoms with Crippen molar-refractivity contribution in [3.63, 3.8) is 0 Å². The highest BCUT2D eigenvalue weighted by molar-refractivity contribution is 5.95. The molecule has 1 aliphatic heterocycles. The molecule has 0 radical (unpaired) electrons. The van der Waals surface area contributed by atoms with E-state index in [4.69, 9.17) is 0 Å². The molecular formula is C27H29FN2O3. The predicted molar refractivity (Wildman–Crippen MR) is 127 cm³/mol. The van der Waals surface area contributed by atoms with Gasteiger partial charge in [-0.2, -0.15) is 0 Å². The molecule has 3 aromatic rings. The number of anilines is 1. The van der Waals surface area contributed by atoms with Crippen LogP contribution in [-0.2, 0) is 13.0 Å². The number of para-hydroxylation sites is 1. The quantitative estimate of drug-likeness (QED) is 0.453. The fourth-order valence-corrected chi connectivity index (χ4v) is 4.64. The topological polar surface area (TPSA) is 64.0 Å². The number of likely N-dealkylation sites (N-methyl/N-ethyl adjacent to an activating group) is 1. The average molecular weight is 449 g/mol. The van der Waals surface area contributed by atoms with Gasteiger partial charge >= 0.3 is 6.03 Å². The monoisotopic (exact) mass is 448 g/mol. The zero-order valence-corrected chi connectivity index (χ0v) is 18.7. The Morgan fingerprint density at radius 2 is 1.64 bits per heavy atom. The van der Waals surface area contributed by atoms with Crippen molar-refractivity contribution in [1.29, 1.82) is 0 Å². The van der Waals surface area contributed by atoms with Crippen molar-refractivity contribution in [3.8, 4) is 5.75 Å². The number of amides is 2. The average Bonchev–Trinajstić information content (AvgIpc) is 3.08. The third-order valence-electron chi connectivity index (χ3n) is 6.41. The van der Waals surface area contributed by atoms with Gasteiger partial charge in [-0.15, -0.1) is 0 Å². The van der Waals surface area contributed by atoms with Crippen LogP contribution >= 0.6 is 0 Å². The molecule has 1 heterocycles. The Hall–Kier alpha value is -3.38. The van der Waals surface area contributed by atoms with Gasteiger partial charge < -0.3 is 15.1 Å². The number of carbonyl (C=O) groups is 1. The lowest BCUT2D eigenvalue weighted by molar-refractivity contribution is 0.213. The molecule has 172 valence electrons. The molecule has 2 amide bonds. The number of hydrogen-bond acceptors (Lipinski definition) is 3. The number of unbranched alkanes of at least 4 members (excludes halogenated alkanes) is 1. The summed E-state index contributed by atoms with van der Waals surface area (Å²) in [4.78, 5) is 16.8. The Morgan fingerprint density at radius 1 is 0.939 bits per heavy atom. The molecule has 5 nitrogen and oxygen atoms in total. The maximum absolute atomic E-state index is 13.3. The summed E-state index contributed by atoms with van der Waals surface area (Å²) in [6, 6.07) is 20.6. The highest BCUT2D eigenvalue weighted by Gasteiger charge is 2.45. The van der Waals surface area contributed by atoms with E-state index in [-0.39, 0.29) is 36.3 Å². The number of rotatable bonds is 8. The number of nitrogens with zero attached hydrogens (tertiary/aromatic N) is 2. The van der Waals surface area contributed by atoms with Crippen LogP contribution < -0.4 is 4.90 Å². The summed E-state index contributed by atoms with van der Waals surface area (Å²) in [5, 5.41) is 20.2. The van der Waals surface area contributed by atoms with Crippen molar-refractivity contribution in [2.24, 2.45) is 0 Å². The molecule has 0 aliphatic carbocycles. The van der Waals surface area contributed by atoms with E-state index >= 15 is 0 Å². The summed E-state index contributed by atoms with van der Waals surface area (Å²) in [5.41, 5.74) is 3.15. The van der Waals surface area contributed by atoms with Crippen molar-refractivity contribution in [3.05, 3.63) is 95.3 Å². The van der Waals surface area contributed by atoms with Crippen LogP contribution in [0, 0.1) is 5.82 Å². The summed E-state index contributed by atoms with van der Waals surface area (Å²) < 4.78 is 13.1. The summed E-state index contributed by atoms with van der Waals surface area (Å²) in [6.07, 6.45) is 3.40. The number of urea groups is 1. The van der Waals surface area contributed by atoms with Crippen LogP contribution in [0.2, 0.25) is 0 Å². The van der Waals surface area contributed by atoms with Crippen LogP contribution in [0.25, 0.3) is 0 Å². The number of carbonyl (C=O) groups excluding carboxylic acids is 1. The van der Waals surface area contributed by atoms with E-state index in [2.05, 4.69) is 0 Å². The minimum Gasteiger partial charge on any atom is -0.508 e. The highest BCUT2D eigenvalue weighted by Crippen LogP contribution is 2.43. The molecule has 0 saturated carbocycles. The second kappa shape index (κ2) is 10.0. The maximum atomic E-state index is 13.3. The van der Waals surface area contributed by atoms with E-state index in [1.807, 2.05) is 37.4 Å². The van der Waals surface area contributed by atoms with Crippen LogP contribution in [0.5, 0.6) is 5.75 Å². The number of hydrogen-bond donors (Lipinski definition) is 2. The van der Waals surface area contributed by atoms with Gasteiger partial charge in [0.2, 0.25) is 0 Å². The van der Waals surface area contributed by atoms with E-state index in [9.17, 15) is 19.4 Å². The van der Waals surface area contributed by atoms with Crippen molar-refractivity contribution in [2.45, 2.75) is 44.4 Å². The number of aliphatic hydroxyl groups is 1. The van der Waals surface area contributed by atoms with E-state index in [0.717, 1.165) is 36.9 Å². The van der Waals surface area contributed by atoms with Gasteiger partial charge in [0.1, 0.15) is 11.6 Å². The Balaban J connectivity index is 1.58. The molecule has 1 fully saturated rings. The van der Waals surface area contributed by atoms with Crippen LogP contribution in [0.15, 0.2) is 72.8 Å². The molecule has 3 aromatic carbocycles. The van der Waals surface area contributed by atoms with Gasteiger partial charge in [0.15, 0.2) is 0 Å². The van der Waals surface area contributed by atoms with Gasteiger partial charge in [0.05, 0.1) is 18.7 Å². The minimum atomic E-state index is -0.358. The van der Waals surface area contributed by atoms with Crippen molar-refractivity contribution < 1.29 is 19.4 Å². The molecule has 2 N–H and O–H groups in total. The summed E-state index contributed by atoms with van der Waals surface area (Å²) in [6.45, 7) is -0.160. The number of phenols is 1. The number of aryl methyl sites for hydroxylation is 1. The molecular weight excluding hydrogens is 419 g/mol.